The summed E-state index contributed by atoms with van der Waals surface area (Å²) in [6.07, 6.45) is 5.67. The van der Waals surface area contributed by atoms with Crippen molar-refractivity contribution in [1.29, 1.82) is 0 Å². The van der Waals surface area contributed by atoms with Crippen LogP contribution in [0.4, 0.5) is 4.39 Å². The number of hydrogen-bond donors (Lipinski definition) is 0. The lowest BCUT2D eigenvalue weighted by molar-refractivity contribution is 0.217. The first-order chi connectivity index (χ1) is 11.8. The van der Waals surface area contributed by atoms with Gasteiger partial charge in [-0.05, 0) is 31.5 Å². The molecule has 4 rings (SSSR count). The summed E-state index contributed by atoms with van der Waals surface area (Å²) in [5.74, 6) is -0.219. The Bertz CT molecular complexity index is 801. The van der Waals surface area contributed by atoms with Crippen molar-refractivity contribution in [2.75, 3.05) is 6.54 Å². The topological polar surface area (TPSA) is 46.8 Å². The normalized spacial score (nSPS) is 18.3. The van der Waals surface area contributed by atoms with Gasteiger partial charge in [0.05, 0.1) is 12.2 Å². The zero-order valence-electron chi connectivity index (χ0n) is 13.2. The molecule has 1 aliphatic rings. The third kappa shape index (κ3) is 3.22. The molecule has 0 aliphatic carbocycles. The van der Waals surface area contributed by atoms with Gasteiger partial charge in [0.25, 0.3) is 0 Å². The summed E-state index contributed by atoms with van der Waals surface area (Å²) in [5, 5.41) is 6.98. The van der Waals surface area contributed by atoms with Crippen LogP contribution < -0.4 is 0 Å². The van der Waals surface area contributed by atoms with E-state index in [1.807, 2.05) is 16.1 Å². The Balaban J connectivity index is 1.46. The molecule has 1 aromatic carbocycles. The summed E-state index contributed by atoms with van der Waals surface area (Å²) >= 11 is 1.50. The van der Waals surface area contributed by atoms with E-state index in [4.69, 9.17) is 0 Å². The smallest absolute Gasteiger partial charge is 0.137 e. The van der Waals surface area contributed by atoms with Crippen molar-refractivity contribution in [2.24, 2.45) is 0 Å². The molecule has 0 saturated carbocycles. The Kier molecular flexibility index (Phi) is 4.36. The van der Waals surface area contributed by atoms with Gasteiger partial charge in [-0.2, -0.15) is 5.10 Å². The van der Waals surface area contributed by atoms with Crippen LogP contribution in [0.5, 0.6) is 0 Å². The Hall–Kier alpha value is -2.12. The molecule has 5 nitrogen and oxygen atoms in total. The first kappa shape index (κ1) is 15.4. The molecule has 1 saturated heterocycles. The first-order valence-corrected chi connectivity index (χ1v) is 8.93. The highest BCUT2D eigenvalue weighted by Gasteiger charge is 2.25. The van der Waals surface area contributed by atoms with Crippen LogP contribution in [-0.4, -0.2) is 37.2 Å². The molecular weight excluding hydrogens is 325 g/mol. The lowest BCUT2D eigenvalue weighted by atomic mass is 10.2. The largest absolute Gasteiger partial charge is 0.293 e. The highest BCUT2D eigenvalue weighted by atomic mass is 32.1. The molecule has 0 amide bonds. The minimum Gasteiger partial charge on any atom is -0.293 e. The highest BCUT2D eigenvalue weighted by Crippen LogP contribution is 2.28. The van der Waals surface area contributed by atoms with Crippen molar-refractivity contribution in [3.05, 3.63) is 53.8 Å². The molecule has 7 heteroatoms. The Labute approximate surface area is 143 Å². The van der Waals surface area contributed by atoms with Crippen molar-refractivity contribution in [1.82, 2.24) is 24.6 Å². The van der Waals surface area contributed by atoms with E-state index in [9.17, 15) is 4.39 Å². The molecule has 1 atom stereocenters. The number of nitrogens with zero attached hydrogens (tertiary/aromatic N) is 5. The minimum absolute atomic E-state index is 0.219. The lowest BCUT2D eigenvalue weighted by Gasteiger charge is -2.23. The fourth-order valence-electron chi connectivity index (χ4n) is 3.20. The number of thiazole rings is 1. The lowest BCUT2D eigenvalue weighted by Crippen LogP contribution is -2.32. The van der Waals surface area contributed by atoms with Crippen LogP contribution >= 0.6 is 11.3 Å². The van der Waals surface area contributed by atoms with E-state index in [1.165, 1.54) is 23.8 Å². The molecule has 2 aromatic heterocycles. The van der Waals surface area contributed by atoms with Crippen molar-refractivity contribution < 1.29 is 4.39 Å². The molecule has 24 heavy (non-hydrogen) atoms. The van der Waals surface area contributed by atoms with Gasteiger partial charge in [-0.25, -0.2) is 14.4 Å². The van der Waals surface area contributed by atoms with Crippen LogP contribution in [0.2, 0.25) is 0 Å². The summed E-state index contributed by atoms with van der Waals surface area (Å²) in [5.41, 5.74) is 1.58. The third-order valence-corrected chi connectivity index (χ3v) is 5.31. The summed E-state index contributed by atoms with van der Waals surface area (Å²) in [4.78, 5) is 11.1. The molecule has 0 bridgehead atoms. The second kappa shape index (κ2) is 6.78. The van der Waals surface area contributed by atoms with Crippen molar-refractivity contribution in [3.8, 4) is 10.6 Å². The fourth-order valence-corrected chi connectivity index (χ4v) is 4.04. The predicted octanol–water partition coefficient (Wildman–Crippen LogP) is 3.21. The zero-order valence-corrected chi connectivity index (χ0v) is 14.0. The van der Waals surface area contributed by atoms with Crippen LogP contribution in [0.1, 0.15) is 18.5 Å². The van der Waals surface area contributed by atoms with E-state index in [-0.39, 0.29) is 5.82 Å². The third-order valence-electron chi connectivity index (χ3n) is 4.38. The van der Waals surface area contributed by atoms with Crippen LogP contribution in [0, 0.1) is 5.82 Å². The summed E-state index contributed by atoms with van der Waals surface area (Å²) in [7, 11) is 0. The van der Waals surface area contributed by atoms with Crippen molar-refractivity contribution in [3.63, 3.8) is 0 Å². The summed E-state index contributed by atoms with van der Waals surface area (Å²) in [6.45, 7) is 2.71. The summed E-state index contributed by atoms with van der Waals surface area (Å²) in [6, 6.07) is 7.25. The number of likely N-dealkylation sites (tertiary alicyclic amines) is 1. The second-order valence-corrected chi connectivity index (χ2v) is 6.87. The second-order valence-electron chi connectivity index (χ2n) is 6.01. The van der Waals surface area contributed by atoms with E-state index in [0.717, 1.165) is 36.8 Å². The maximum atomic E-state index is 13.9. The standard InChI is InChI=1S/C17H18FN5S/c18-16-6-2-1-5-15(16)17-21-13(10-24-17)8-22-7-3-4-14(22)9-23-12-19-11-20-23/h1-2,5-6,10-12,14H,3-4,7-9H2. The Morgan fingerprint density at radius 1 is 1.29 bits per heavy atom. The van der Waals surface area contributed by atoms with Crippen LogP contribution in [-0.2, 0) is 13.1 Å². The van der Waals surface area contributed by atoms with Gasteiger partial charge in [-0.3, -0.25) is 9.58 Å². The average Bonchev–Trinajstić information content (AvgIpc) is 3.32. The quantitative estimate of drug-likeness (QED) is 0.714. The highest BCUT2D eigenvalue weighted by molar-refractivity contribution is 7.13. The molecule has 0 radical (unpaired) electrons. The number of benzene rings is 1. The van der Waals surface area contributed by atoms with E-state index in [2.05, 4.69) is 20.0 Å². The van der Waals surface area contributed by atoms with Crippen LogP contribution in [0.3, 0.4) is 0 Å². The zero-order chi connectivity index (χ0) is 16.4. The van der Waals surface area contributed by atoms with Gasteiger partial charge < -0.3 is 0 Å². The van der Waals surface area contributed by atoms with Crippen LogP contribution in [0.15, 0.2) is 42.3 Å². The minimum atomic E-state index is -0.219. The van der Waals surface area contributed by atoms with Crippen LogP contribution in [0.25, 0.3) is 10.6 Å². The SMILES string of the molecule is Fc1ccccc1-c1nc(CN2CCCC2Cn2cncn2)cs1. The molecule has 1 fully saturated rings. The van der Waals surface area contributed by atoms with E-state index in [1.54, 1.807) is 24.8 Å². The van der Waals surface area contributed by atoms with E-state index < -0.39 is 0 Å². The van der Waals surface area contributed by atoms with Gasteiger partial charge in [0.15, 0.2) is 0 Å². The number of rotatable bonds is 5. The van der Waals surface area contributed by atoms with Crippen molar-refractivity contribution >= 4 is 11.3 Å². The molecule has 1 unspecified atom stereocenters. The molecule has 3 heterocycles. The number of aromatic nitrogens is 4. The summed E-state index contributed by atoms with van der Waals surface area (Å²) < 4.78 is 15.8. The van der Waals surface area contributed by atoms with Gasteiger partial charge >= 0.3 is 0 Å². The molecule has 1 aliphatic heterocycles. The maximum absolute atomic E-state index is 13.9. The van der Waals surface area contributed by atoms with Crippen molar-refractivity contribution in [2.45, 2.75) is 32.0 Å². The average molecular weight is 343 g/mol. The van der Waals surface area contributed by atoms with E-state index >= 15 is 0 Å². The first-order valence-electron chi connectivity index (χ1n) is 8.05. The fraction of sp³-hybridized carbons (Fsp3) is 0.353. The number of hydrogen-bond acceptors (Lipinski definition) is 5. The molecule has 3 aromatic rings. The van der Waals surface area contributed by atoms with Gasteiger partial charge in [0.2, 0.25) is 0 Å². The Morgan fingerprint density at radius 2 is 2.21 bits per heavy atom. The maximum Gasteiger partial charge on any atom is 0.137 e. The van der Waals surface area contributed by atoms with Gasteiger partial charge in [0.1, 0.15) is 23.5 Å². The predicted molar refractivity (Wildman–Crippen MR) is 91.0 cm³/mol. The van der Waals surface area contributed by atoms with E-state index in [0.29, 0.717) is 11.6 Å². The monoisotopic (exact) mass is 343 g/mol. The Morgan fingerprint density at radius 3 is 3.04 bits per heavy atom. The molecular formula is C17H18FN5S. The van der Waals surface area contributed by atoms with Gasteiger partial charge in [-0.15, -0.1) is 11.3 Å². The molecule has 0 N–H and O–H groups in total. The number of halogens is 1. The van der Waals surface area contributed by atoms with Gasteiger partial charge in [0, 0.05) is 23.5 Å². The van der Waals surface area contributed by atoms with Gasteiger partial charge in [-0.1, -0.05) is 12.1 Å². The molecule has 0 spiro atoms. The molecule has 124 valence electrons.